The predicted octanol–water partition coefficient (Wildman–Crippen LogP) is 4.50. The van der Waals surface area contributed by atoms with Gasteiger partial charge in [0.15, 0.2) is 15.0 Å². The number of aromatic nitrogens is 1. The van der Waals surface area contributed by atoms with Gasteiger partial charge in [0.25, 0.3) is 5.91 Å². The number of halogens is 2. The Bertz CT molecular complexity index is 1070. The van der Waals surface area contributed by atoms with Gasteiger partial charge in [-0.2, -0.15) is 0 Å². The highest BCUT2D eigenvalue weighted by Crippen LogP contribution is 2.36. The average Bonchev–Trinajstić information content (AvgIpc) is 3.42. The minimum absolute atomic E-state index is 0.0163. The maximum absolute atomic E-state index is 13.7. The Morgan fingerprint density at radius 2 is 1.80 bits per heavy atom. The highest BCUT2D eigenvalue weighted by Gasteiger charge is 2.37. The van der Waals surface area contributed by atoms with Crippen LogP contribution in [0.3, 0.4) is 0 Å². The molecule has 1 amide bonds. The number of amides is 1. The molecule has 1 unspecified atom stereocenters. The van der Waals surface area contributed by atoms with E-state index in [1.807, 2.05) is 6.92 Å². The van der Waals surface area contributed by atoms with E-state index in [2.05, 4.69) is 10.3 Å². The first-order chi connectivity index (χ1) is 14.2. The number of aryl methyl sites for hydroxylation is 1. The normalized spacial score (nSPS) is 24.8. The van der Waals surface area contributed by atoms with E-state index < -0.39 is 34.0 Å². The lowest BCUT2D eigenvalue weighted by atomic mass is 9.98. The van der Waals surface area contributed by atoms with Gasteiger partial charge in [-0.1, -0.05) is 18.2 Å². The van der Waals surface area contributed by atoms with Gasteiger partial charge in [-0.25, -0.2) is 22.2 Å². The fourth-order valence-electron chi connectivity index (χ4n) is 3.62. The summed E-state index contributed by atoms with van der Waals surface area (Å²) in [5.74, 6) is -0.858. The van der Waals surface area contributed by atoms with Gasteiger partial charge < -0.3 is 0 Å². The molecule has 0 radical (unpaired) electrons. The number of hydrogen-bond acceptors (Lipinski definition) is 5. The zero-order valence-corrected chi connectivity index (χ0v) is 18.0. The zero-order valence-electron chi connectivity index (χ0n) is 16.3. The van der Waals surface area contributed by atoms with Crippen molar-refractivity contribution in [2.24, 2.45) is 5.92 Å². The largest absolute Gasteiger partial charge is 0.298 e. The van der Waals surface area contributed by atoms with Gasteiger partial charge in [0, 0.05) is 16.6 Å². The number of nitrogens with zero attached hydrogens (tertiary/aromatic N) is 1. The number of thiazole rings is 1. The number of sulfone groups is 1. The van der Waals surface area contributed by atoms with E-state index in [-0.39, 0.29) is 28.6 Å². The Morgan fingerprint density at radius 1 is 1.17 bits per heavy atom. The van der Waals surface area contributed by atoms with Crippen molar-refractivity contribution in [2.45, 2.75) is 55.1 Å². The van der Waals surface area contributed by atoms with Crippen LogP contribution in [0.15, 0.2) is 41.4 Å². The van der Waals surface area contributed by atoms with Crippen LogP contribution in [0.25, 0.3) is 5.57 Å². The Labute approximate surface area is 178 Å². The molecule has 2 aromatic rings. The molecule has 5 nitrogen and oxygen atoms in total. The van der Waals surface area contributed by atoms with E-state index in [4.69, 9.17) is 0 Å². The summed E-state index contributed by atoms with van der Waals surface area (Å²) in [6.45, 7) is 1.87. The van der Waals surface area contributed by atoms with E-state index in [1.165, 1.54) is 23.5 Å². The molecule has 2 aliphatic carbocycles. The molecule has 9 heteroatoms. The number of nitrogens with one attached hydrogen (secondary N) is 1. The van der Waals surface area contributed by atoms with Crippen molar-refractivity contribution in [2.75, 3.05) is 5.32 Å². The molecule has 0 bridgehead atoms. The van der Waals surface area contributed by atoms with Gasteiger partial charge in [-0.05, 0) is 56.2 Å². The topological polar surface area (TPSA) is 76.1 Å². The van der Waals surface area contributed by atoms with Crippen molar-refractivity contribution in [3.63, 3.8) is 0 Å². The lowest BCUT2D eigenvalue weighted by Crippen LogP contribution is -2.15. The first-order valence-corrected chi connectivity index (χ1v) is 12.2. The standard InChI is InChI=1S/C21H22F2N2O3S2/c1-12-11-24-21(29-12)25-20(26)17(8-13-9-18(22)19(23)10-13)14-2-4-15(5-3-14)30(27,28)16-6-7-16/h2-5,8,11,13,16,18-19H,6-7,9-10H2,1H3,(H,24,25,26)/t13?,18-,19+. The number of carbonyl (C=O) groups is 1. The number of carbonyl (C=O) groups excluding carboxylic acids is 1. The van der Waals surface area contributed by atoms with Crippen molar-refractivity contribution < 1.29 is 22.0 Å². The summed E-state index contributed by atoms with van der Waals surface area (Å²) in [6, 6.07) is 6.12. The first-order valence-electron chi connectivity index (χ1n) is 9.82. The number of rotatable bonds is 6. The summed E-state index contributed by atoms with van der Waals surface area (Å²) in [6.07, 6.45) is 1.52. The molecule has 0 aliphatic heterocycles. The molecule has 2 aliphatic rings. The van der Waals surface area contributed by atoms with Gasteiger partial charge in [-0.3, -0.25) is 10.1 Å². The quantitative estimate of drug-likeness (QED) is 0.655. The summed E-state index contributed by atoms with van der Waals surface area (Å²) in [5.41, 5.74) is 0.748. The van der Waals surface area contributed by atoms with Gasteiger partial charge in [0.05, 0.1) is 10.1 Å². The molecule has 1 aromatic heterocycles. The number of benzene rings is 1. The fraction of sp³-hybridized carbons (Fsp3) is 0.429. The molecule has 1 aromatic carbocycles. The third-order valence-corrected chi connectivity index (χ3v) is 8.50. The summed E-state index contributed by atoms with van der Waals surface area (Å²) in [7, 11) is -3.34. The van der Waals surface area contributed by atoms with E-state index in [1.54, 1.807) is 24.4 Å². The molecule has 160 valence electrons. The van der Waals surface area contributed by atoms with Crippen molar-refractivity contribution in [3.05, 3.63) is 47.0 Å². The molecule has 4 rings (SSSR count). The van der Waals surface area contributed by atoms with Gasteiger partial charge in [-0.15, -0.1) is 11.3 Å². The molecule has 3 atom stereocenters. The second-order valence-electron chi connectivity index (χ2n) is 7.84. The van der Waals surface area contributed by atoms with Crippen LogP contribution in [-0.4, -0.2) is 36.9 Å². The van der Waals surface area contributed by atoms with Crippen LogP contribution in [0.5, 0.6) is 0 Å². The Hall–Kier alpha value is -2.13. The molecule has 1 N–H and O–H groups in total. The van der Waals surface area contributed by atoms with E-state index in [0.29, 0.717) is 23.5 Å². The van der Waals surface area contributed by atoms with Crippen molar-refractivity contribution in [1.82, 2.24) is 4.98 Å². The molecule has 0 saturated heterocycles. The number of alkyl halides is 2. The maximum Gasteiger partial charge on any atom is 0.257 e. The zero-order chi connectivity index (χ0) is 21.5. The van der Waals surface area contributed by atoms with Crippen molar-refractivity contribution in [1.29, 1.82) is 0 Å². The minimum Gasteiger partial charge on any atom is -0.298 e. The lowest BCUT2D eigenvalue weighted by Gasteiger charge is -2.12. The van der Waals surface area contributed by atoms with Crippen LogP contribution >= 0.6 is 11.3 Å². The Morgan fingerprint density at radius 3 is 2.33 bits per heavy atom. The summed E-state index contributed by atoms with van der Waals surface area (Å²) < 4.78 is 52.2. The number of allylic oxidation sites excluding steroid dienone is 1. The van der Waals surface area contributed by atoms with Gasteiger partial charge in [0.1, 0.15) is 12.3 Å². The average molecular weight is 453 g/mol. The molecular weight excluding hydrogens is 430 g/mol. The molecule has 30 heavy (non-hydrogen) atoms. The smallest absolute Gasteiger partial charge is 0.257 e. The predicted molar refractivity (Wildman–Crippen MR) is 113 cm³/mol. The highest BCUT2D eigenvalue weighted by molar-refractivity contribution is 7.92. The van der Waals surface area contributed by atoms with Crippen LogP contribution in [-0.2, 0) is 14.6 Å². The van der Waals surface area contributed by atoms with Crippen molar-refractivity contribution in [3.8, 4) is 0 Å². The highest BCUT2D eigenvalue weighted by atomic mass is 32.2. The van der Waals surface area contributed by atoms with Crippen LogP contribution in [0.2, 0.25) is 0 Å². The monoisotopic (exact) mass is 452 g/mol. The molecule has 2 fully saturated rings. The molecule has 2 saturated carbocycles. The van der Waals surface area contributed by atoms with Crippen LogP contribution in [0.4, 0.5) is 13.9 Å². The first kappa shape index (κ1) is 21.1. The third-order valence-electron chi connectivity index (χ3n) is 5.39. The van der Waals surface area contributed by atoms with Crippen molar-refractivity contribution >= 4 is 37.8 Å². The number of anilines is 1. The molecular formula is C21H22F2N2O3S2. The Balaban J connectivity index is 1.63. The summed E-state index contributed by atoms with van der Waals surface area (Å²) >= 11 is 1.32. The Kier molecular flexibility index (Phi) is 5.76. The summed E-state index contributed by atoms with van der Waals surface area (Å²) in [4.78, 5) is 18.2. The van der Waals surface area contributed by atoms with Crippen LogP contribution < -0.4 is 5.32 Å². The lowest BCUT2D eigenvalue weighted by molar-refractivity contribution is -0.111. The number of hydrogen-bond donors (Lipinski definition) is 1. The molecule has 1 heterocycles. The second-order valence-corrected chi connectivity index (χ2v) is 11.3. The van der Waals surface area contributed by atoms with E-state index in [9.17, 15) is 22.0 Å². The molecule has 0 spiro atoms. The van der Waals surface area contributed by atoms with Gasteiger partial charge >= 0.3 is 0 Å². The maximum atomic E-state index is 13.7. The second kappa shape index (κ2) is 8.19. The van der Waals surface area contributed by atoms with Crippen LogP contribution in [0, 0.1) is 12.8 Å². The third kappa shape index (κ3) is 4.46. The fourth-order valence-corrected chi connectivity index (χ4v) is 5.93. The minimum atomic E-state index is -3.34. The van der Waals surface area contributed by atoms with Crippen LogP contribution in [0.1, 0.15) is 36.1 Å². The van der Waals surface area contributed by atoms with Gasteiger partial charge in [0.2, 0.25) is 0 Å². The van der Waals surface area contributed by atoms with E-state index in [0.717, 1.165) is 4.88 Å². The SMILES string of the molecule is Cc1cnc(NC(=O)C(=CC2C[C@@H](F)[C@@H](F)C2)c2ccc(S(=O)(=O)C3CC3)cc2)s1. The van der Waals surface area contributed by atoms with E-state index >= 15 is 0 Å². The summed E-state index contributed by atoms with van der Waals surface area (Å²) in [5, 5.41) is 2.83.